The van der Waals surface area contributed by atoms with Crippen LogP contribution in [0.25, 0.3) is 0 Å². The van der Waals surface area contributed by atoms with Gasteiger partial charge in [0.2, 0.25) is 0 Å². The number of anilines is 3. The Kier molecular flexibility index (Phi) is 3.58. The van der Waals surface area contributed by atoms with Crippen molar-refractivity contribution >= 4 is 28.7 Å². The average molecular weight is 301 g/mol. The minimum atomic E-state index is 0.0877. The predicted molar refractivity (Wildman–Crippen MR) is 91.9 cm³/mol. The molecule has 21 heavy (non-hydrogen) atoms. The molecule has 2 aromatic carbocycles. The van der Waals surface area contributed by atoms with Gasteiger partial charge in [0.15, 0.2) is 0 Å². The first-order chi connectivity index (χ1) is 9.94. The van der Waals surface area contributed by atoms with E-state index in [1.165, 1.54) is 5.56 Å². The number of benzene rings is 2. The molecular formula is C18H21ClN2. The van der Waals surface area contributed by atoms with Gasteiger partial charge >= 0.3 is 0 Å². The van der Waals surface area contributed by atoms with E-state index in [9.17, 15) is 0 Å². The fraction of sp³-hybridized carbons (Fsp3) is 0.333. The van der Waals surface area contributed by atoms with E-state index in [0.717, 1.165) is 28.5 Å². The van der Waals surface area contributed by atoms with E-state index >= 15 is 0 Å². The Balaban J connectivity index is 1.96. The summed E-state index contributed by atoms with van der Waals surface area (Å²) < 4.78 is 0. The predicted octanol–water partition coefficient (Wildman–Crippen LogP) is 5.78. The van der Waals surface area contributed by atoms with Gasteiger partial charge in [-0.1, -0.05) is 36.7 Å². The van der Waals surface area contributed by atoms with Gasteiger partial charge in [-0.3, -0.25) is 0 Å². The molecule has 0 radical (unpaired) electrons. The van der Waals surface area contributed by atoms with Crippen LogP contribution in [-0.2, 0) is 0 Å². The Morgan fingerprint density at radius 3 is 2.57 bits per heavy atom. The van der Waals surface area contributed by atoms with Crippen molar-refractivity contribution in [1.29, 1.82) is 0 Å². The van der Waals surface area contributed by atoms with E-state index in [-0.39, 0.29) is 5.54 Å². The third kappa shape index (κ3) is 3.01. The van der Waals surface area contributed by atoms with Crippen LogP contribution in [0.4, 0.5) is 17.1 Å². The minimum Gasteiger partial charge on any atom is -0.379 e. The van der Waals surface area contributed by atoms with Crippen LogP contribution < -0.4 is 10.6 Å². The molecule has 0 saturated carbocycles. The van der Waals surface area contributed by atoms with Crippen LogP contribution in [0.2, 0.25) is 5.02 Å². The summed E-state index contributed by atoms with van der Waals surface area (Å²) in [5.74, 6) is 0.492. The second-order valence-corrected chi connectivity index (χ2v) is 6.93. The van der Waals surface area contributed by atoms with Gasteiger partial charge < -0.3 is 10.6 Å². The number of para-hydroxylation sites is 1. The zero-order chi connectivity index (χ0) is 15.0. The van der Waals surface area contributed by atoms with Crippen molar-refractivity contribution in [1.82, 2.24) is 0 Å². The molecule has 1 aliphatic rings. The van der Waals surface area contributed by atoms with Gasteiger partial charge in [-0.2, -0.15) is 0 Å². The van der Waals surface area contributed by atoms with Crippen molar-refractivity contribution in [2.45, 2.75) is 38.6 Å². The highest BCUT2D eigenvalue weighted by Gasteiger charge is 2.30. The van der Waals surface area contributed by atoms with E-state index in [1.807, 2.05) is 24.3 Å². The molecular weight excluding hydrogens is 280 g/mol. The van der Waals surface area contributed by atoms with Gasteiger partial charge in [0, 0.05) is 16.9 Å². The lowest BCUT2D eigenvalue weighted by atomic mass is 9.82. The SMILES string of the molecule is CC1CC(C)(C)Nc2c(Cl)cc(Nc3ccccc3)cc21. The van der Waals surface area contributed by atoms with Crippen molar-refractivity contribution < 1.29 is 0 Å². The summed E-state index contributed by atoms with van der Waals surface area (Å²) in [5.41, 5.74) is 4.58. The lowest BCUT2D eigenvalue weighted by Crippen LogP contribution is -2.36. The zero-order valence-electron chi connectivity index (χ0n) is 12.7. The molecule has 0 aromatic heterocycles. The summed E-state index contributed by atoms with van der Waals surface area (Å²) in [4.78, 5) is 0. The van der Waals surface area contributed by atoms with Crippen LogP contribution in [0.15, 0.2) is 42.5 Å². The summed E-state index contributed by atoms with van der Waals surface area (Å²) >= 11 is 6.50. The summed E-state index contributed by atoms with van der Waals surface area (Å²) in [7, 11) is 0. The number of rotatable bonds is 2. The van der Waals surface area contributed by atoms with E-state index in [1.54, 1.807) is 0 Å². The van der Waals surface area contributed by atoms with Gasteiger partial charge in [0.25, 0.3) is 0 Å². The minimum absolute atomic E-state index is 0.0877. The topological polar surface area (TPSA) is 24.1 Å². The number of fused-ring (bicyclic) bond motifs is 1. The highest BCUT2D eigenvalue weighted by molar-refractivity contribution is 6.33. The molecule has 0 bridgehead atoms. The van der Waals surface area contributed by atoms with Gasteiger partial charge in [0.1, 0.15) is 0 Å². The molecule has 0 fully saturated rings. The van der Waals surface area contributed by atoms with Crippen molar-refractivity contribution in [3.05, 3.63) is 53.1 Å². The van der Waals surface area contributed by atoms with E-state index in [4.69, 9.17) is 11.6 Å². The Labute approximate surface area is 131 Å². The fourth-order valence-corrected chi connectivity index (χ4v) is 3.45. The molecule has 1 heterocycles. The third-order valence-corrected chi connectivity index (χ3v) is 4.29. The first kappa shape index (κ1) is 14.3. The Hall–Kier alpha value is -1.67. The van der Waals surface area contributed by atoms with Crippen molar-refractivity contribution in [3.8, 4) is 0 Å². The molecule has 3 heteroatoms. The van der Waals surface area contributed by atoms with Gasteiger partial charge in [-0.15, -0.1) is 0 Å². The quantitative estimate of drug-likeness (QED) is 0.734. The zero-order valence-corrected chi connectivity index (χ0v) is 13.5. The number of hydrogen-bond donors (Lipinski definition) is 2. The smallest absolute Gasteiger partial charge is 0.0661 e. The van der Waals surface area contributed by atoms with Crippen molar-refractivity contribution in [2.24, 2.45) is 0 Å². The van der Waals surface area contributed by atoms with Crippen LogP contribution in [-0.4, -0.2) is 5.54 Å². The van der Waals surface area contributed by atoms with E-state index in [2.05, 4.69) is 49.6 Å². The summed E-state index contributed by atoms with van der Waals surface area (Å²) in [6.45, 7) is 6.71. The molecule has 2 nitrogen and oxygen atoms in total. The largest absolute Gasteiger partial charge is 0.379 e. The summed E-state index contributed by atoms with van der Waals surface area (Å²) in [6, 6.07) is 14.4. The lowest BCUT2D eigenvalue weighted by molar-refractivity contribution is 0.454. The molecule has 0 aliphatic carbocycles. The number of halogens is 1. The van der Waals surface area contributed by atoms with Crippen LogP contribution in [0.1, 0.15) is 38.7 Å². The first-order valence-electron chi connectivity index (χ1n) is 7.38. The molecule has 2 aromatic rings. The molecule has 2 N–H and O–H groups in total. The molecule has 1 unspecified atom stereocenters. The van der Waals surface area contributed by atoms with Crippen LogP contribution in [0.5, 0.6) is 0 Å². The van der Waals surface area contributed by atoms with Crippen molar-refractivity contribution in [3.63, 3.8) is 0 Å². The Morgan fingerprint density at radius 2 is 1.86 bits per heavy atom. The van der Waals surface area contributed by atoms with E-state index < -0.39 is 0 Å². The number of nitrogens with one attached hydrogen (secondary N) is 2. The van der Waals surface area contributed by atoms with Crippen LogP contribution >= 0.6 is 11.6 Å². The fourth-order valence-electron chi connectivity index (χ4n) is 3.17. The third-order valence-electron chi connectivity index (χ3n) is 3.99. The second kappa shape index (κ2) is 5.27. The number of hydrogen-bond acceptors (Lipinski definition) is 2. The Bertz CT molecular complexity index is 650. The van der Waals surface area contributed by atoms with Crippen molar-refractivity contribution in [2.75, 3.05) is 10.6 Å². The van der Waals surface area contributed by atoms with E-state index in [0.29, 0.717) is 5.92 Å². The highest BCUT2D eigenvalue weighted by atomic mass is 35.5. The van der Waals surface area contributed by atoms with Gasteiger partial charge in [0.05, 0.1) is 10.7 Å². The first-order valence-corrected chi connectivity index (χ1v) is 7.76. The second-order valence-electron chi connectivity index (χ2n) is 6.53. The molecule has 0 spiro atoms. The Morgan fingerprint density at radius 1 is 1.14 bits per heavy atom. The van der Waals surface area contributed by atoms with Gasteiger partial charge in [-0.25, -0.2) is 0 Å². The normalized spacial score (nSPS) is 19.5. The molecule has 3 rings (SSSR count). The summed E-state index contributed by atoms with van der Waals surface area (Å²) in [5, 5.41) is 7.77. The van der Waals surface area contributed by atoms with Gasteiger partial charge in [-0.05, 0) is 56.0 Å². The molecule has 110 valence electrons. The van der Waals surface area contributed by atoms with Crippen LogP contribution in [0, 0.1) is 0 Å². The average Bonchev–Trinajstić information content (AvgIpc) is 2.41. The maximum absolute atomic E-state index is 6.50. The standard InChI is InChI=1S/C18H21ClN2/c1-12-11-18(2,3)21-17-15(12)9-14(10-16(17)19)20-13-7-5-4-6-8-13/h4-10,12,20-21H,11H2,1-3H3. The molecule has 1 aliphatic heterocycles. The maximum atomic E-state index is 6.50. The lowest BCUT2D eigenvalue weighted by Gasteiger charge is -2.38. The molecule has 0 amide bonds. The maximum Gasteiger partial charge on any atom is 0.0661 e. The summed E-state index contributed by atoms with van der Waals surface area (Å²) in [6.07, 6.45) is 1.10. The monoisotopic (exact) mass is 300 g/mol. The molecule has 0 saturated heterocycles. The van der Waals surface area contributed by atoms with Crippen LogP contribution in [0.3, 0.4) is 0 Å². The molecule has 1 atom stereocenters. The highest BCUT2D eigenvalue weighted by Crippen LogP contribution is 2.44.